The molecule has 0 bridgehead atoms. The first-order valence-corrected chi connectivity index (χ1v) is 8.67. The van der Waals surface area contributed by atoms with E-state index < -0.39 is 11.8 Å². The van der Waals surface area contributed by atoms with E-state index in [1.165, 1.54) is 13.4 Å². The third-order valence-corrected chi connectivity index (χ3v) is 4.44. The van der Waals surface area contributed by atoms with Gasteiger partial charge < -0.3 is 14.4 Å². The summed E-state index contributed by atoms with van der Waals surface area (Å²) in [7, 11) is 1.27. The number of ether oxygens (including phenoxy) is 2. The number of amides is 1. The van der Waals surface area contributed by atoms with Gasteiger partial charge in [0, 0.05) is 13.0 Å². The third-order valence-electron chi connectivity index (χ3n) is 4.44. The van der Waals surface area contributed by atoms with Crippen LogP contribution < -0.4 is 4.74 Å². The molecule has 2 aromatic rings. The fourth-order valence-corrected chi connectivity index (χ4v) is 3.01. The van der Waals surface area contributed by atoms with Crippen molar-refractivity contribution in [3.63, 3.8) is 0 Å². The van der Waals surface area contributed by atoms with E-state index >= 15 is 0 Å². The second-order valence-corrected chi connectivity index (χ2v) is 6.11. The van der Waals surface area contributed by atoms with E-state index in [4.69, 9.17) is 9.47 Å². The Morgan fingerprint density at radius 1 is 1.26 bits per heavy atom. The first-order valence-electron chi connectivity index (χ1n) is 8.67. The Morgan fingerprint density at radius 2 is 2.00 bits per heavy atom. The van der Waals surface area contributed by atoms with E-state index in [0.717, 1.165) is 0 Å². The lowest BCUT2D eigenvalue weighted by Crippen LogP contribution is -2.32. The lowest BCUT2D eigenvalue weighted by atomic mass is 10.1. The molecule has 27 heavy (non-hydrogen) atoms. The number of rotatable bonds is 5. The van der Waals surface area contributed by atoms with Crippen LogP contribution in [0.5, 0.6) is 5.88 Å². The van der Waals surface area contributed by atoms with Crippen molar-refractivity contribution in [2.75, 3.05) is 20.2 Å². The van der Waals surface area contributed by atoms with E-state index in [0.29, 0.717) is 19.4 Å². The van der Waals surface area contributed by atoms with Gasteiger partial charge in [-0.25, -0.2) is 9.78 Å². The van der Waals surface area contributed by atoms with Crippen molar-refractivity contribution >= 4 is 11.9 Å². The van der Waals surface area contributed by atoms with Crippen LogP contribution in [0, 0.1) is 5.82 Å². The van der Waals surface area contributed by atoms with Crippen LogP contribution in [-0.4, -0.2) is 53.0 Å². The molecule has 0 unspecified atom stereocenters. The van der Waals surface area contributed by atoms with Gasteiger partial charge in [0.2, 0.25) is 5.82 Å². The Hall–Kier alpha value is -3.03. The summed E-state index contributed by atoms with van der Waals surface area (Å²) in [5.74, 6) is -1.53. The molecule has 1 atom stereocenters. The third kappa shape index (κ3) is 3.89. The number of carbonyl (C=O) groups is 2. The maximum Gasteiger partial charge on any atom is 0.338 e. The highest BCUT2D eigenvalue weighted by Crippen LogP contribution is 2.23. The number of hydrogen-bond donors (Lipinski definition) is 0. The van der Waals surface area contributed by atoms with E-state index in [1.807, 2.05) is 0 Å². The summed E-state index contributed by atoms with van der Waals surface area (Å²) in [6.45, 7) is 2.51. The molecule has 1 fully saturated rings. The number of esters is 1. The summed E-state index contributed by atoms with van der Waals surface area (Å²) in [5.41, 5.74) is 0.772. The van der Waals surface area contributed by atoms with Crippen molar-refractivity contribution < 1.29 is 23.5 Å². The number of halogens is 1. The highest BCUT2D eigenvalue weighted by molar-refractivity contribution is 6.05. The molecule has 1 saturated heterocycles. The lowest BCUT2D eigenvalue weighted by Gasteiger charge is -2.18. The molecule has 142 valence electrons. The van der Waals surface area contributed by atoms with Crippen molar-refractivity contribution in [3.8, 4) is 5.88 Å². The molecule has 0 N–H and O–H groups in total. The Bertz CT molecular complexity index is 859. The highest BCUT2D eigenvalue weighted by atomic mass is 19.1. The maximum absolute atomic E-state index is 14.2. The average molecular weight is 373 g/mol. The lowest BCUT2D eigenvalue weighted by molar-refractivity contribution is 0.0591. The van der Waals surface area contributed by atoms with Gasteiger partial charge in [0.15, 0.2) is 0 Å². The summed E-state index contributed by atoms with van der Waals surface area (Å²) in [4.78, 5) is 34.0. The van der Waals surface area contributed by atoms with Crippen LogP contribution in [0.1, 0.15) is 39.8 Å². The van der Waals surface area contributed by atoms with Gasteiger partial charge in [-0.1, -0.05) is 19.1 Å². The highest BCUT2D eigenvalue weighted by Gasteiger charge is 2.31. The number of likely N-dealkylation sites (tertiary alicyclic amines) is 1. The van der Waals surface area contributed by atoms with Gasteiger partial charge in [0.1, 0.15) is 12.4 Å². The number of aryl methyl sites for hydroxylation is 1. The topological polar surface area (TPSA) is 81.6 Å². The van der Waals surface area contributed by atoms with Crippen LogP contribution in [0.2, 0.25) is 0 Å². The Labute approximate surface area is 156 Å². The zero-order chi connectivity index (χ0) is 19.4. The van der Waals surface area contributed by atoms with Crippen LogP contribution in [0.15, 0.2) is 30.6 Å². The van der Waals surface area contributed by atoms with E-state index in [2.05, 4.69) is 9.97 Å². The van der Waals surface area contributed by atoms with Crippen LogP contribution in [0.4, 0.5) is 4.39 Å². The molecule has 1 amide bonds. The normalized spacial score (nSPS) is 16.3. The summed E-state index contributed by atoms with van der Waals surface area (Å²) >= 11 is 0. The molecule has 2 heterocycles. The van der Waals surface area contributed by atoms with E-state index in [9.17, 15) is 14.0 Å². The Morgan fingerprint density at radius 3 is 2.70 bits per heavy atom. The number of benzene rings is 1. The molecule has 7 nitrogen and oxygen atoms in total. The first-order chi connectivity index (χ1) is 13.0. The second-order valence-electron chi connectivity index (χ2n) is 6.11. The van der Waals surface area contributed by atoms with Crippen LogP contribution >= 0.6 is 0 Å². The molecule has 1 aliphatic rings. The molecule has 8 heteroatoms. The molecule has 0 aliphatic carbocycles. The summed E-state index contributed by atoms with van der Waals surface area (Å²) in [6, 6.07) is 6.49. The van der Waals surface area contributed by atoms with Gasteiger partial charge in [-0.15, -0.1) is 0 Å². The van der Waals surface area contributed by atoms with Crippen LogP contribution in [-0.2, 0) is 11.2 Å². The van der Waals surface area contributed by atoms with Crippen molar-refractivity contribution in [1.82, 2.24) is 14.9 Å². The smallest absolute Gasteiger partial charge is 0.338 e. The van der Waals surface area contributed by atoms with Gasteiger partial charge in [-0.05, 0) is 18.6 Å². The van der Waals surface area contributed by atoms with Crippen molar-refractivity contribution in [3.05, 3.63) is 53.2 Å². The Kier molecular flexibility index (Phi) is 5.63. The van der Waals surface area contributed by atoms with Gasteiger partial charge >= 0.3 is 5.97 Å². The van der Waals surface area contributed by atoms with Crippen molar-refractivity contribution in [2.24, 2.45) is 0 Å². The standard InChI is InChI=1S/C19H20FN3O4/c1-3-15-16(20)17(22-11-21-15)27-12-8-9-23(10-12)18(24)13-6-4-5-7-14(13)19(25)26-2/h4-7,11-12H,3,8-10H2,1-2H3/t12-/m0/s1. The number of aromatic nitrogens is 2. The average Bonchev–Trinajstić information content (AvgIpc) is 3.17. The molecule has 1 aromatic heterocycles. The van der Waals surface area contributed by atoms with Crippen molar-refractivity contribution in [2.45, 2.75) is 25.9 Å². The number of hydrogen-bond acceptors (Lipinski definition) is 6. The molecular formula is C19H20FN3O4. The second kappa shape index (κ2) is 8.11. The quantitative estimate of drug-likeness (QED) is 0.748. The molecule has 1 aromatic carbocycles. The zero-order valence-corrected chi connectivity index (χ0v) is 15.1. The predicted octanol–water partition coefficient (Wildman–Crippen LogP) is 2.26. The minimum atomic E-state index is -0.569. The monoisotopic (exact) mass is 373 g/mol. The molecule has 3 rings (SSSR count). The SMILES string of the molecule is CCc1ncnc(O[C@H]2CCN(C(=O)c3ccccc3C(=O)OC)C2)c1F. The summed E-state index contributed by atoms with van der Waals surface area (Å²) in [5, 5.41) is 0. The van der Waals surface area contributed by atoms with Crippen molar-refractivity contribution in [1.29, 1.82) is 0 Å². The summed E-state index contributed by atoms with van der Waals surface area (Å²) in [6.07, 6.45) is 1.86. The molecule has 0 spiro atoms. The van der Waals surface area contributed by atoms with Gasteiger partial charge in [-0.2, -0.15) is 9.37 Å². The predicted molar refractivity (Wildman–Crippen MR) is 94.1 cm³/mol. The first kappa shape index (κ1) is 18.8. The molecule has 0 radical (unpaired) electrons. The number of carbonyl (C=O) groups excluding carboxylic acids is 2. The number of nitrogens with zero attached hydrogens (tertiary/aromatic N) is 3. The van der Waals surface area contributed by atoms with Gasteiger partial charge in [-0.3, -0.25) is 4.79 Å². The molecule has 0 saturated carbocycles. The van der Waals surface area contributed by atoms with Crippen LogP contribution in [0.3, 0.4) is 0 Å². The van der Waals surface area contributed by atoms with E-state index in [-0.39, 0.29) is 41.3 Å². The fraction of sp³-hybridized carbons (Fsp3) is 0.368. The largest absolute Gasteiger partial charge is 0.470 e. The van der Waals surface area contributed by atoms with Gasteiger partial charge in [0.05, 0.1) is 30.5 Å². The maximum atomic E-state index is 14.2. The van der Waals surface area contributed by atoms with Crippen LogP contribution in [0.25, 0.3) is 0 Å². The Balaban J connectivity index is 1.72. The zero-order valence-electron chi connectivity index (χ0n) is 15.1. The molecule has 1 aliphatic heterocycles. The van der Waals surface area contributed by atoms with Gasteiger partial charge in [0.25, 0.3) is 11.8 Å². The minimum absolute atomic E-state index is 0.101. The van der Waals surface area contributed by atoms with E-state index in [1.54, 1.807) is 36.1 Å². The fourth-order valence-electron chi connectivity index (χ4n) is 3.01. The number of methoxy groups -OCH3 is 1. The summed E-state index contributed by atoms with van der Waals surface area (Å²) < 4.78 is 24.6. The molecular weight excluding hydrogens is 353 g/mol. The minimum Gasteiger partial charge on any atom is -0.470 e.